The van der Waals surface area contributed by atoms with Gasteiger partial charge in [-0.25, -0.2) is 17.6 Å². The van der Waals surface area contributed by atoms with E-state index in [1.54, 1.807) is 0 Å². The van der Waals surface area contributed by atoms with Crippen LogP contribution in [0.25, 0.3) is 10.9 Å². The predicted molar refractivity (Wildman–Crippen MR) is 95.2 cm³/mol. The van der Waals surface area contributed by atoms with E-state index in [9.17, 15) is 22.8 Å². The number of amides is 2. The van der Waals surface area contributed by atoms with Crippen LogP contribution in [0.15, 0.2) is 12.7 Å². The number of alkyl halides is 2. The molecule has 0 bridgehead atoms. The summed E-state index contributed by atoms with van der Waals surface area (Å²) < 4.78 is 57.2. The number of primary amides is 1. The van der Waals surface area contributed by atoms with Crippen LogP contribution in [-0.4, -0.2) is 34.8 Å². The third-order valence-corrected chi connectivity index (χ3v) is 5.18. The monoisotopic (exact) mass is 397 g/mol. The predicted octanol–water partition coefficient (Wildman–Crippen LogP) is 3.68. The first kappa shape index (κ1) is 19.9. The van der Waals surface area contributed by atoms with Gasteiger partial charge in [0.05, 0.1) is 5.52 Å². The summed E-state index contributed by atoms with van der Waals surface area (Å²) in [5.74, 6) is -5.23. The molecule has 2 amide bonds. The smallest absolute Gasteiger partial charge is 0.266 e. The fourth-order valence-electron chi connectivity index (χ4n) is 3.98. The molecule has 3 N–H and O–H groups in total. The number of piperidine rings is 1. The molecule has 150 valence electrons. The second kappa shape index (κ2) is 7.29. The molecular weight excluding hydrogens is 378 g/mol. The van der Waals surface area contributed by atoms with Crippen molar-refractivity contribution in [2.24, 2.45) is 5.73 Å². The number of halogens is 4. The Labute approximate surface area is 158 Å². The van der Waals surface area contributed by atoms with E-state index < -0.39 is 41.0 Å². The molecule has 2 heterocycles. The molecule has 1 aliphatic rings. The number of nitrogens with one attached hydrogen (secondary N) is 1. The third-order valence-electron chi connectivity index (χ3n) is 5.18. The normalized spacial score (nSPS) is 17.4. The van der Waals surface area contributed by atoms with Crippen molar-refractivity contribution in [2.45, 2.75) is 32.1 Å². The molecule has 1 atom stereocenters. The summed E-state index contributed by atoms with van der Waals surface area (Å²) in [6.07, 6.45) is -1.02. The molecule has 1 aliphatic heterocycles. The Kier molecular flexibility index (Phi) is 5.18. The minimum absolute atomic E-state index is 0.00594. The van der Waals surface area contributed by atoms with Crippen LogP contribution < -0.4 is 5.73 Å². The first-order valence-corrected chi connectivity index (χ1v) is 8.71. The molecule has 0 spiro atoms. The van der Waals surface area contributed by atoms with Gasteiger partial charge in [-0.3, -0.25) is 9.59 Å². The number of aromatic nitrogens is 1. The average Bonchev–Trinajstić information content (AvgIpc) is 2.97. The van der Waals surface area contributed by atoms with Gasteiger partial charge < -0.3 is 15.6 Å². The number of H-pyrrole nitrogens is 1. The molecule has 0 radical (unpaired) electrons. The lowest BCUT2D eigenvalue weighted by molar-refractivity contribution is -0.127. The number of hydrogen-bond donors (Lipinski definition) is 2. The van der Waals surface area contributed by atoms with Crippen LogP contribution in [0.3, 0.4) is 0 Å². The molecule has 28 heavy (non-hydrogen) atoms. The number of carbonyl (C=O) groups excluding carboxylic acids is 2. The number of rotatable bonds is 4. The Morgan fingerprint density at radius 3 is 2.57 bits per heavy atom. The van der Waals surface area contributed by atoms with E-state index in [2.05, 4.69) is 11.6 Å². The lowest BCUT2D eigenvalue weighted by Crippen LogP contribution is -2.38. The summed E-state index contributed by atoms with van der Waals surface area (Å²) in [7, 11) is 0. The Bertz CT molecular complexity index is 984. The number of carbonyl (C=O) groups is 2. The molecule has 1 aromatic carbocycles. The van der Waals surface area contributed by atoms with Gasteiger partial charge in [0.2, 0.25) is 5.91 Å². The van der Waals surface area contributed by atoms with Crippen LogP contribution >= 0.6 is 0 Å². The topological polar surface area (TPSA) is 79.2 Å². The first-order chi connectivity index (χ1) is 13.2. The summed E-state index contributed by atoms with van der Waals surface area (Å²) in [5, 5.41) is -0.238. The number of benzene rings is 1. The van der Waals surface area contributed by atoms with Gasteiger partial charge in [-0.05, 0) is 25.8 Å². The molecule has 0 saturated carbocycles. The van der Waals surface area contributed by atoms with Crippen LogP contribution in [0.5, 0.6) is 0 Å². The zero-order valence-electron chi connectivity index (χ0n) is 15.1. The number of fused-ring (bicyclic) bond motifs is 1. The molecule has 1 unspecified atom stereocenters. The summed E-state index contributed by atoms with van der Waals surface area (Å²) in [6.45, 7) is 5.17. The highest BCUT2D eigenvalue weighted by molar-refractivity contribution is 6.07. The Hall–Kier alpha value is -2.84. The largest absolute Gasteiger partial charge is 0.365 e. The molecular formula is C19H19F4N3O2. The fourth-order valence-corrected chi connectivity index (χ4v) is 3.98. The number of hydrogen-bond acceptors (Lipinski definition) is 2. The van der Waals surface area contributed by atoms with Crippen LogP contribution in [0.1, 0.15) is 52.4 Å². The number of likely N-dealkylation sites (tertiary alicyclic amines) is 1. The van der Waals surface area contributed by atoms with Gasteiger partial charge in [-0.2, -0.15) is 0 Å². The van der Waals surface area contributed by atoms with Crippen molar-refractivity contribution in [1.29, 1.82) is 0 Å². The number of aromatic amines is 1. The molecule has 1 saturated heterocycles. The maximum absolute atomic E-state index is 15.0. The highest BCUT2D eigenvalue weighted by atomic mass is 19.3. The van der Waals surface area contributed by atoms with Gasteiger partial charge in [0.1, 0.15) is 5.56 Å². The molecule has 0 aliphatic carbocycles. The van der Waals surface area contributed by atoms with Crippen LogP contribution in [0.4, 0.5) is 17.6 Å². The molecule has 2 aromatic rings. The van der Waals surface area contributed by atoms with Crippen LogP contribution in [0, 0.1) is 18.6 Å². The summed E-state index contributed by atoms with van der Waals surface area (Å²) in [6, 6.07) is 0. The van der Waals surface area contributed by atoms with Gasteiger partial charge in [0.15, 0.2) is 11.6 Å². The highest BCUT2D eigenvalue weighted by Gasteiger charge is 2.34. The lowest BCUT2D eigenvalue weighted by Gasteiger charge is -2.33. The molecule has 9 heteroatoms. The maximum Gasteiger partial charge on any atom is 0.266 e. The van der Waals surface area contributed by atoms with Gasteiger partial charge in [-0.1, -0.05) is 6.58 Å². The Balaban J connectivity index is 2.31. The maximum atomic E-state index is 15.0. The lowest BCUT2D eigenvalue weighted by atomic mass is 9.85. The quantitative estimate of drug-likeness (QED) is 0.610. The first-order valence-electron chi connectivity index (χ1n) is 8.71. The summed E-state index contributed by atoms with van der Waals surface area (Å²) >= 11 is 0. The Morgan fingerprint density at radius 2 is 2.00 bits per heavy atom. The van der Waals surface area contributed by atoms with E-state index in [-0.39, 0.29) is 34.6 Å². The van der Waals surface area contributed by atoms with Crippen molar-refractivity contribution in [3.63, 3.8) is 0 Å². The van der Waals surface area contributed by atoms with E-state index >= 15 is 4.39 Å². The van der Waals surface area contributed by atoms with E-state index in [1.807, 2.05) is 0 Å². The molecule has 1 aromatic heterocycles. The summed E-state index contributed by atoms with van der Waals surface area (Å²) in [4.78, 5) is 27.6. The number of nitrogens with two attached hydrogens (primary N) is 1. The number of nitrogens with zero attached hydrogens (tertiary/aromatic N) is 1. The van der Waals surface area contributed by atoms with Crippen molar-refractivity contribution in [3.05, 3.63) is 46.7 Å². The second-order valence-electron chi connectivity index (χ2n) is 6.82. The SMILES string of the molecule is C=CC(=O)N1CCCC(c2c(F)c(F)c(C(N)=O)c3[nH]c(C)c(C(F)F)c23)C1. The van der Waals surface area contributed by atoms with Crippen LogP contribution in [-0.2, 0) is 4.79 Å². The second-order valence-corrected chi connectivity index (χ2v) is 6.82. The minimum Gasteiger partial charge on any atom is -0.365 e. The average molecular weight is 397 g/mol. The number of aryl methyl sites for hydroxylation is 1. The summed E-state index contributed by atoms with van der Waals surface area (Å²) in [5.41, 5.74) is 3.36. The van der Waals surface area contributed by atoms with E-state index in [0.29, 0.717) is 19.4 Å². The molecule has 3 rings (SSSR count). The fraction of sp³-hybridized carbons (Fsp3) is 0.368. The molecule has 5 nitrogen and oxygen atoms in total. The van der Waals surface area contributed by atoms with Crippen molar-refractivity contribution in [3.8, 4) is 0 Å². The third kappa shape index (κ3) is 3.04. The minimum atomic E-state index is -2.98. The standard InChI is InChI=1S/C19H19F4N3O2/c1-3-10(27)26-6-4-5-9(7-26)12-13-11(18(22)23)8(2)25-17(13)14(19(24)28)16(21)15(12)20/h3,9,18,25H,1,4-7H2,2H3,(H2,24,28). The van der Waals surface area contributed by atoms with E-state index in [1.165, 1.54) is 11.8 Å². The van der Waals surface area contributed by atoms with Crippen molar-refractivity contribution < 1.29 is 27.2 Å². The van der Waals surface area contributed by atoms with Gasteiger partial charge in [0.25, 0.3) is 12.3 Å². The van der Waals surface area contributed by atoms with Crippen molar-refractivity contribution in [1.82, 2.24) is 9.88 Å². The van der Waals surface area contributed by atoms with Gasteiger partial charge >= 0.3 is 0 Å². The van der Waals surface area contributed by atoms with Crippen molar-refractivity contribution >= 4 is 22.7 Å². The van der Waals surface area contributed by atoms with Gasteiger partial charge in [0, 0.05) is 41.2 Å². The van der Waals surface area contributed by atoms with E-state index in [0.717, 1.165) is 6.08 Å². The van der Waals surface area contributed by atoms with Crippen molar-refractivity contribution in [2.75, 3.05) is 13.1 Å². The highest BCUT2D eigenvalue weighted by Crippen LogP contribution is 2.42. The van der Waals surface area contributed by atoms with E-state index in [4.69, 9.17) is 5.73 Å². The molecule has 1 fully saturated rings. The van der Waals surface area contributed by atoms with Crippen LogP contribution in [0.2, 0.25) is 0 Å². The zero-order chi connectivity index (χ0) is 20.7. The zero-order valence-corrected chi connectivity index (χ0v) is 15.1. The Morgan fingerprint density at radius 1 is 1.32 bits per heavy atom. The van der Waals surface area contributed by atoms with Gasteiger partial charge in [-0.15, -0.1) is 0 Å².